The van der Waals surface area contributed by atoms with E-state index in [2.05, 4.69) is 41.5 Å². The lowest BCUT2D eigenvalue weighted by Gasteiger charge is -2.21. The first-order chi connectivity index (χ1) is 52.9. The summed E-state index contributed by atoms with van der Waals surface area (Å²) in [6.45, 7) is 9.77. The van der Waals surface area contributed by atoms with Crippen LogP contribution in [0.3, 0.4) is 0 Å². The molecule has 0 fully saturated rings. The number of aliphatic hydroxyl groups is 1. The van der Waals surface area contributed by atoms with Crippen LogP contribution in [-0.2, 0) is 65.4 Å². The number of ether oxygens (including phenoxy) is 4. The molecule has 0 aliphatic carbocycles. The van der Waals surface area contributed by atoms with E-state index in [0.29, 0.717) is 25.7 Å². The summed E-state index contributed by atoms with van der Waals surface area (Å²) in [6, 6.07) is 0. The molecule has 0 bridgehead atoms. The predicted molar refractivity (Wildman–Crippen MR) is 451 cm³/mol. The smallest absolute Gasteiger partial charge is 0.462 e. The molecule has 0 aromatic heterocycles. The van der Waals surface area contributed by atoms with Gasteiger partial charge >= 0.3 is 39.5 Å². The van der Waals surface area contributed by atoms with Gasteiger partial charge < -0.3 is 33.8 Å². The van der Waals surface area contributed by atoms with Crippen LogP contribution in [0, 0.1) is 11.8 Å². The van der Waals surface area contributed by atoms with Gasteiger partial charge in [-0.1, -0.05) is 433 Å². The molecule has 0 aliphatic heterocycles. The topological polar surface area (TPSA) is 237 Å². The van der Waals surface area contributed by atoms with Crippen LogP contribution in [0.1, 0.15) is 485 Å². The molecule has 0 aromatic carbocycles. The van der Waals surface area contributed by atoms with E-state index in [1.165, 1.54) is 302 Å². The van der Waals surface area contributed by atoms with E-state index in [-0.39, 0.29) is 25.7 Å². The number of hydrogen-bond donors (Lipinski definition) is 3. The normalized spacial score (nSPS) is 13.8. The number of aliphatic hydroxyl groups excluding tert-OH is 1. The molecule has 0 aromatic rings. The molecule has 648 valence electrons. The Hall–Kier alpha value is -1.94. The maximum Gasteiger partial charge on any atom is 0.472 e. The minimum absolute atomic E-state index is 0.109. The monoisotopic (exact) mass is 1590 g/mol. The van der Waals surface area contributed by atoms with E-state index in [0.717, 1.165) is 102 Å². The molecule has 0 saturated heterocycles. The zero-order valence-electron chi connectivity index (χ0n) is 71.9. The van der Waals surface area contributed by atoms with Crippen molar-refractivity contribution in [1.82, 2.24) is 0 Å². The second-order valence-corrected chi connectivity index (χ2v) is 36.2. The fraction of sp³-hybridized carbons (Fsp3) is 0.956. The van der Waals surface area contributed by atoms with Gasteiger partial charge in [-0.15, -0.1) is 0 Å². The summed E-state index contributed by atoms with van der Waals surface area (Å²) >= 11 is 0. The standard InChI is InChI=1S/C90H176O17P2/c1-7-9-11-13-15-17-19-21-22-25-33-38-44-50-56-62-68-74-89(94)106-85(78-100-87(92)72-66-60-54-48-42-20-18-16-14-12-10-8-2)80-104-108(96,97)102-76-84(91)77-103-109(98,99)105-81-86(79-101-88(93)73-67-61-55-49-43-37-32-29-28-31-36-41-47-53-59-65-71-83(5)6)107-90(95)75-69-63-57-51-45-39-34-27-24-23-26-30-35-40-46-52-58-64-70-82(3)4/h82-86,91H,7-81H2,1-6H3,(H,96,97)(H,98,99)/t84-,85+,86+/m0/s1. The van der Waals surface area contributed by atoms with Gasteiger partial charge in [-0.2, -0.15) is 0 Å². The molecule has 17 nitrogen and oxygen atoms in total. The highest BCUT2D eigenvalue weighted by Gasteiger charge is 2.31. The molecular weight excluding hydrogens is 1410 g/mol. The summed E-state index contributed by atoms with van der Waals surface area (Å²) in [7, 11) is -9.93. The molecule has 2 unspecified atom stereocenters. The van der Waals surface area contributed by atoms with Crippen molar-refractivity contribution in [2.45, 2.75) is 503 Å². The Bertz CT molecular complexity index is 2080. The van der Waals surface area contributed by atoms with Crippen molar-refractivity contribution in [2.75, 3.05) is 39.6 Å². The quantitative estimate of drug-likeness (QED) is 0.0222. The van der Waals surface area contributed by atoms with Gasteiger partial charge in [-0.3, -0.25) is 37.3 Å². The Balaban J connectivity index is 5.25. The first-order valence-corrected chi connectivity index (χ1v) is 49.5. The van der Waals surface area contributed by atoms with Crippen molar-refractivity contribution in [3.05, 3.63) is 0 Å². The fourth-order valence-electron chi connectivity index (χ4n) is 14.1. The van der Waals surface area contributed by atoms with Crippen molar-refractivity contribution in [2.24, 2.45) is 11.8 Å². The number of carbonyl (C=O) groups excluding carboxylic acids is 4. The summed E-state index contributed by atoms with van der Waals surface area (Å²) in [5.41, 5.74) is 0. The van der Waals surface area contributed by atoms with Gasteiger partial charge in [-0.05, 0) is 37.5 Å². The fourth-order valence-corrected chi connectivity index (χ4v) is 15.7. The lowest BCUT2D eigenvalue weighted by Crippen LogP contribution is -2.30. The van der Waals surface area contributed by atoms with Gasteiger partial charge in [-0.25, -0.2) is 9.13 Å². The van der Waals surface area contributed by atoms with Crippen molar-refractivity contribution < 1.29 is 80.2 Å². The Kier molecular flexibility index (Phi) is 79.8. The zero-order chi connectivity index (χ0) is 79.9. The summed E-state index contributed by atoms with van der Waals surface area (Å²) in [4.78, 5) is 73.4. The molecule has 19 heteroatoms. The number of hydrogen-bond acceptors (Lipinski definition) is 15. The summed E-state index contributed by atoms with van der Waals surface area (Å²) in [6.07, 6.45) is 74.9. The van der Waals surface area contributed by atoms with Crippen LogP contribution < -0.4 is 0 Å². The van der Waals surface area contributed by atoms with Gasteiger partial charge in [0.25, 0.3) is 0 Å². The Morgan fingerprint density at radius 3 is 0.624 bits per heavy atom. The molecule has 0 amide bonds. The zero-order valence-corrected chi connectivity index (χ0v) is 73.7. The van der Waals surface area contributed by atoms with E-state index >= 15 is 0 Å². The number of rotatable bonds is 89. The van der Waals surface area contributed by atoms with Crippen molar-refractivity contribution in [3.8, 4) is 0 Å². The highest BCUT2D eigenvalue weighted by molar-refractivity contribution is 7.47. The predicted octanol–water partition coefficient (Wildman–Crippen LogP) is 27.8. The van der Waals surface area contributed by atoms with Crippen molar-refractivity contribution >= 4 is 39.5 Å². The average Bonchev–Trinajstić information content (AvgIpc) is 0.899. The molecular formula is C90H176O17P2. The molecule has 0 aliphatic rings. The van der Waals surface area contributed by atoms with E-state index in [9.17, 15) is 43.2 Å². The highest BCUT2D eigenvalue weighted by Crippen LogP contribution is 2.45. The minimum Gasteiger partial charge on any atom is -0.462 e. The Labute approximate surface area is 670 Å². The number of unbranched alkanes of at least 4 members (excludes halogenated alkanes) is 59. The van der Waals surface area contributed by atoms with Crippen LogP contribution in [0.5, 0.6) is 0 Å². The molecule has 109 heavy (non-hydrogen) atoms. The average molecular weight is 1590 g/mol. The van der Waals surface area contributed by atoms with E-state index in [1.54, 1.807) is 0 Å². The van der Waals surface area contributed by atoms with E-state index in [4.69, 9.17) is 37.0 Å². The first-order valence-electron chi connectivity index (χ1n) is 46.5. The summed E-state index contributed by atoms with van der Waals surface area (Å²) in [5.74, 6) is -0.462. The number of phosphoric acid groups is 2. The van der Waals surface area contributed by atoms with Gasteiger partial charge in [0.1, 0.15) is 19.3 Å². The van der Waals surface area contributed by atoms with Crippen LogP contribution in [-0.4, -0.2) is 96.7 Å². The third kappa shape index (κ3) is 83.8. The SMILES string of the molecule is CCCCCCCCCCCCCCCCCCCC(=O)O[C@H](COC(=O)CCCCCCCCCCCCCC)COP(=O)(O)OC[C@H](O)COP(=O)(O)OC[C@@H](COC(=O)CCCCCCCCCCCCCCCCCCC(C)C)OC(=O)CCCCCCCCCCCCCCCCCCCCC(C)C. The number of esters is 4. The first kappa shape index (κ1) is 107. The second kappa shape index (κ2) is 81.2. The second-order valence-electron chi connectivity index (χ2n) is 33.3. The van der Waals surface area contributed by atoms with Crippen LogP contribution in [0.4, 0.5) is 0 Å². The van der Waals surface area contributed by atoms with Gasteiger partial charge in [0, 0.05) is 25.7 Å². The molecule has 5 atom stereocenters. The van der Waals surface area contributed by atoms with E-state index in [1.807, 2.05) is 0 Å². The summed E-state index contributed by atoms with van der Waals surface area (Å²) in [5, 5.41) is 10.7. The van der Waals surface area contributed by atoms with Crippen LogP contribution in [0.25, 0.3) is 0 Å². The molecule has 0 rings (SSSR count). The lowest BCUT2D eigenvalue weighted by molar-refractivity contribution is -0.161. The Morgan fingerprint density at radius 1 is 0.248 bits per heavy atom. The highest BCUT2D eigenvalue weighted by atomic mass is 31.2. The molecule has 0 saturated carbocycles. The van der Waals surface area contributed by atoms with Crippen molar-refractivity contribution in [3.63, 3.8) is 0 Å². The number of phosphoric ester groups is 2. The van der Waals surface area contributed by atoms with Gasteiger partial charge in [0.2, 0.25) is 0 Å². The molecule has 3 N–H and O–H groups in total. The molecule has 0 radical (unpaired) electrons. The third-order valence-electron chi connectivity index (χ3n) is 21.2. The van der Waals surface area contributed by atoms with Gasteiger partial charge in [0.15, 0.2) is 12.2 Å². The maximum atomic E-state index is 13.2. The third-order valence-corrected chi connectivity index (χ3v) is 23.1. The summed E-state index contributed by atoms with van der Waals surface area (Å²) < 4.78 is 69.1. The van der Waals surface area contributed by atoms with E-state index < -0.39 is 97.5 Å². The van der Waals surface area contributed by atoms with Gasteiger partial charge in [0.05, 0.1) is 26.4 Å². The van der Waals surface area contributed by atoms with Crippen molar-refractivity contribution in [1.29, 1.82) is 0 Å². The largest absolute Gasteiger partial charge is 0.472 e. The number of carbonyl (C=O) groups is 4. The van der Waals surface area contributed by atoms with Crippen LogP contribution in [0.15, 0.2) is 0 Å². The van der Waals surface area contributed by atoms with Crippen LogP contribution >= 0.6 is 15.6 Å². The maximum absolute atomic E-state index is 13.2. The molecule has 0 heterocycles. The molecule has 0 spiro atoms. The van der Waals surface area contributed by atoms with Crippen LogP contribution in [0.2, 0.25) is 0 Å². The lowest BCUT2D eigenvalue weighted by atomic mass is 10.0. The Morgan fingerprint density at radius 2 is 0.422 bits per heavy atom. The minimum atomic E-state index is -4.97.